The van der Waals surface area contributed by atoms with Crippen LogP contribution in [0.15, 0.2) is 30.5 Å². The van der Waals surface area contributed by atoms with Gasteiger partial charge in [0.1, 0.15) is 5.82 Å². The molecule has 0 radical (unpaired) electrons. The van der Waals surface area contributed by atoms with E-state index in [4.69, 9.17) is 0 Å². The lowest BCUT2D eigenvalue weighted by Crippen LogP contribution is -2.64. The summed E-state index contributed by atoms with van der Waals surface area (Å²) in [6.45, 7) is 7.58. The van der Waals surface area contributed by atoms with Gasteiger partial charge in [0, 0.05) is 64.2 Å². The second-order valence-electron chi connectivity index (χ2n) is 6.87. The van der Waals surface area contributed by atoms with Gasteiger partial charge in [0.2, 0.25) is 0 Å². The van der Waals surface area contributed by atoms with Crippen molar-refractivity contribution in [2.24, 2.45) is 7.05 Å². The highest BCUT2D eigenvalue weighted by Gasteiger charge is 2.37. The van der Waals surface area contributed by atoms with Crippen LogP contribution in [0.5, 0.6) is 0 Å². The Hall–Kier alpha value is -2.41. The first kappa shape index (κ1) is 16.1. The largest absolute Gasteiger partial charge is 0.354 e. The van der Waals surface area contributed by atoms with Crippen LogP contribution in [0.25, 0.3) is 0 Å². The molecule has 132 valence electrons. The van der Waals surface area contributed by atoms with Gasteiger partial charge in [-0.05, 0) is 25.1 Å². The Balaban J connectivity index is 1.28. The molecule has 0 aromatic carbocycles. The number of hydrogen-bond acceptors (Lipinski definition) is 5. The standard InChI is InChI=1S/C18H24N6O/c1-14-11-16(20-21(14)2)18(25)24-12-15(13-24)22-7-9-23(10-8-22)17-5-3-4-6-19-17/h3-6,11,15H,7-10,12-13H2,1-2H3. The molecular weight excluding hydrogens is 316 g/mol. The molecule has 0 aliphatic carbocycles. The van der Waals surface area contributed by atoms with Gasteiger partial charge in [-0.3, -0.25) is 14.4 Å². The lowest BCUT2D eigenvalue weighted by molar-refractivity contribution is 0.0241. The highest BCUT2D eigenvalue weighted by Crippen LogP contribution is 2.21. The highest BCUT2D eigenvalue weighted by atomic mass is 16.2. The molecule has 2 aromatic heterocycles. The van der Waals surface area contributed by atoms with Crippen molar-refractivity contribution < 1.29 is 4.79 Å². The normalized spacial score (nSPS) is 19.1. The molecule has 0 atom stereocenters. The van der Waals surface area contributed by atoms with Crippen molar-refractivity contribution in [2.75, 3.05) is 44.2 Å². The van der Waals surface area contributed by atoms with Crippen molar-refractivity contribution in [1.82, 2.24) is 24.6 Å². The molecular formula is C18H24N6O. The molecule has 1 amide bonds. The Labute approximate surface area is 147 Å². The molecule has 2 aromatic rings. The fourth-order valence-electron chi connectivity index (χ4n) is 3.54. The molecule has 0 N–H and O–H groups in total. The molecule has 2 fully saturated rings. The van der Waals surface area contributed by atoms with Gasteiger partial charge < -0.3 is 9.80 Å². The number of likely N-dealkylation sites (tertiary alicyclic amines) is 1. The molecule has 2 saturated heterocycles. The number of anilines is 1. The van der Waals surface area contributed by atoms with E-state index in [0.717, 1.165) is 50.8 Å². The van der Waals surface area contributed by atoms with Crippen LogP contribution in [-0.2, 0) is 7.05 Å². The number of amides is 1. The van der Waals surface area contributed by atoms with E-state index in [-0.39, 0.29) is 5.91 Å². The Morgan fingerprint density at radius 3 is 2.52 bits per heavy atom. The number of aryl methyl sites for hydroxylation is 2. The van der Waals surface area contributed by atoms with Crippen LogP contribution in [0.1, 0.15) is 16.2 Å². The molecule has 4 rings (SSSR count). The molecule has 4 heterocycles. The highest BCUT2D eigenvalue weighted by molar-refractivity contribution is 5.93. The van der Waals surface area contributed by atoms with Crippen LogP contribution in [0.4, 0.5) is 5.82 Å². The fourth-order valence-corrected chi connectivity index (χ4v) is 3.54. The zero-order chi connectivity index (χ0) is 17.4. The second-order valence-corrected chi connectivity index (χ2v) is 6.87. The van der Waals surface area contributed by atoms with Crippen molar-refractivity contribution in [3.8, 4) is 0 Å². The van der Waals surface area contributed by atoms with Crippen LogP contribution in [0.3, 0.4) is 0 Å². The summed E-state index contributed by atoms with van der Waals surface area (Å²) in [6.07, 6.45) is 1.84. The first-order valence-corrected chi connectivity index (χ1v) is 8.82. The van der Waals surface area contributed by atoms with Gasteiger partial charge in [0.15, 0.2) is 5.69 Å². The van der Waals surface area contributed by atoms with Gasteiger partial charge in [-0.2, -0.15) is 5.10 Å². The van der Waals surface area contributed by atoms with Gasteiger partial charge in [-0.1, -0.05) is 6.07 Å². The van der Waals surface area contributed by atoms with Gasteiger partial charge in [0.05, 0.1) is 0 Å². The summed E-state index contributed by atoms with van der Waals surface area (Å²) in [4.78, 5) is 23.6. The summed E-state index contributed by atoms with van der Waals surface area (Å²) in [5, 5.41) is 4.29. The minimum absolute atomic E-state index is 0.0482. The van der Waals surface area contributed by atoms with E-state index < -0.39 is 0 Å². The predicted octanol–water partition coefficient (Wildman–Crippen LogP) is 0.770. The smallest absolute Gasteiger partial charge is 0.274 e. The molecule has 7 heteroatoms. The van der Waals surface area contributed by atoms with Gasteiger partial charge in [-0.15, -0.1) is 0 Å². The first-order chi connectivity index (χ1) is 12.1. The van der Waals surface area contributed by atoms with Crippen molar-refractivity contribution in [3.63, 3.8) is 0 Å². The van der Waals surface area contributed by atoms with E-state index in [9.17, 15) is 4.79 Å². The van der Waals surface area contributed by atoms with Gasteiger partial charge >= 0.3 is 0 Å². The van der Waals surface area contributed by atoms with Crippen LogP contribution in [0.2, 0.25) is 0 Å². The quantitative estimate of drug-likeness (QED) is 0.826. The third kappa shape index (κ3) is 3.11. The monoisotopic (exact) mass is 340 g/mol. The summed E-state index contributed by atoms with van der Waals surface area (Å²) >= 11 is 0. The van der Waals surface area contributed by atoms with Crippen molar-refractivity contribution in [3.05, 3.63) is 41.9 Å². The number of hydrogen-bond donors (Lipinski definition) is 0. The maximum absolute atomic E-state index is 12.5. The third-order valence-corrected chi connectivity index (χ3v) is 5.29. The molecule has 0 saturated carbocycles. The molecule has 2 aliphatic heterocycles. The maximum atomic E-state index is 12.5. The van der Waals surface area contributed by atoms with Crippen molar-refractivity contribution >= 4 is 11.7 Å². The number of nitrogens with zero attached hydrogens (tertiary/aromatic N) is 6. The predicted molar refractivity (Wildman–Crippen MR) is 95.7 cm³/mol. The average molecular weight is 340 g/mol. The molecule has 2 aliphatic rings. The number of pyridine rings is 1. The minimum atomic E-state index is 0.0482. The lowest BCUT2D eigenvalue weighted by atomic mass is 10.1. The second kappa shape index (κ2) is 6.48. The summed E-state index contributed by atoms with van der Waals surface area (Å²) in [5.41, 5.74) is 1.56. The number of carbonyl (C=O) groups is 1. The SMILES string of the molecule is Cc1cc(C(=O)N2CC(N3CCN(c4ccccn4)CC3)C2)nn1C. The number of carbonyl (C=O) groups excluding carboxylic acids is 1. The summed E-state index contributed by atoms with van der Waals surface area (Å²) in [7, 11) is 1.87. The summed E-state index contributed by atoms with van der Waals surface area (Å²) in [6, 6.07) is 8.38. The van der Waals surface area contributed by atoms with E-state index in [1.807, 2.05) is 43.3 Å². The Bertz CT molecular complexity index is 725. The molecule has 0 unspecified atom stereocenters. The molecule has 25 heavy (non-hydrogen) atoms. The average Bonchev–Trinajstić information content (AvgIpc) is 2.94. The Kier molecular flexibility index (Phi) is 4.17. The number of aromatic nitrogens is 3. The van der Waals surface area contributed by atoms with Crippen LogP contribution >= 0.6 is 0 Å². The van der Waals surface area contributed by atoms with E-state index in [1.54, 1.807) is 4.68 Å². The van der Waals surface area contributed by atoms with E-state index in [0.29, 0.717) is 11.7 Å². The van der Waals surface area contributed by atoms with E-state index in [2.05, 4.69) is 25.9 Å². The first-order valence-electron chi connectivity index (χ1n) is 8.82. The molecule has 7 nitrogen and oxygen atoms in total. The summed E-state index contributed by atoms with van der Waals surface area (Å²) < 4.78 is 1.75. The minimum Gasteiger partial charge on any atom is -0.354 e. The zero-order valence-electron chi connectivity index (χ0n) is 14.8. The zero-order valence-corrected chi connectivity index (χ0v) is 14.8. The lowest BCUT2D eigenvalue weighted by Gasteiger charge is -2.48. The molecule has 0 spiro atoms. The fraction of sp³-hybridized carbons (Fsp3) is 0.500. The van der Waals surface area contributed by atoms with Crippen LogP contribution < -0.4 is 4.90 Å². The van der Waals surface area contributed by atoms with E-state index >= 15 is 0 Å². The van der Waals surface area contributed by atoms with E-state index in [1.165, 1.54) is 0 Å². The maximum Gasteiger partial charge on any atom is 0.274 e. The van der Waals surface area contributed by atoms with Crippen molar-refractivity contribution in [2.45, 2.75) is 13.0 Å². The third-order valence-electron chi connectivity index (χ3n) is 5.29. The topological polar surface area (TPSA) is 57.5 Å². The summed E-state index contributed by atoms with van der Waals surface area (Å²) in [5.74, 6) is 1.10. The van der Waals surface area contributed by atoms with Gasteiger partial charge in [0.25, 0.3) is 5.91 Å². The van der Waals surface area contributed by atoms with Gasteiger partial charge in [-0.25, -0.2) is 4.98 Å². The van der Waals surface area contributed by atoms with Crippen molar-refractivity contribution in [1.29, 1.82) is 0 Å². The number of rotatable bonds is 3. The molecule has 0 bridgehead atoms. The number of piperazine rings is 1. The van der Waals surface area contributed by atoms with Crippen LogP contribution in [0, 0.1) is 6.92 Å². The van der Waals surface area contributed by atoms with Crippen LogP contribution in [-0.4, -0.2) is 75.8 Å². The Morgan fingerprint density at radius 2 is 1.92 bits per heavy atom. The Morgan fingerprint density at radius 1 is 1.16 bits per heavy atom.